The molecule has 4 aliphatic rings. The molecule has 1 aliphatic heterocycles. The van der Waals surface area contributed by atoms with Gasteiger partial charge in [-0.3, -0.25) is 15.2 Å². The molecular formula is C23H41N3Si. The summed E-state index contributed by atoms with van der Waals surface area (Å²) in [6.45, 7) is 13.4. The van der Waals surface area contributed by atoms with Crippen molar-refractivity contribution in [2.45, 2.75) is 71.0 Å². The molecule has 3 nitrogen and oxygen atoms in total. The van der Waals surface area contributed by atoms with Crippen LogP contribution >= 0.6 is 0 Å². The van der Waals surface area contributed by atoms with E-state index in [1.807, 2.05) is 5.57 Å². The van der Waals surface area contributed by atoms with E-state index in [1.165, 1.54) is 38.5 Å². The molecule has 0 bridgehead atoms. The van der Waals surface area contributed by atoms with E-state index in [0.29, 0.717) is 0 Å². The van der Waals surface area contributed by atoms with E-state index < -0.39 is 8.24 Å². The van der Waals surface area contributed by atoms with Crippen LogP contribution in [-0.4, -0.2) is 32.8 Å². The molecule has 4 atom stereocenters. The van der Waals surface area contributed by atoms with Gasteiger partial charge in [0, 0.05) is 20.0 Å². The molecule has 0 aromatic rings. The minimum atomic E-state index is -1.55. The predicted molar refractivity (Wildman–Crippen MR) is 118 cm³/mol. The van der Waals surface area contributed by atoms with Gasteiger partial charge in [-0.25, -0.2) is 0 Å². The topological polar surface area (TPSA) is 27.3 Å². The van der Waals surface area contributed by atoms with Crippen molar-refractivity contribution in [2.24, 2.45) is 29.6 Å². The summed E-state index contributed by atoms with van der Waals surface area (Å²) in [7, 11) is -1.55. The molecule has 0 aromatic carbocycles. The number of nitrogens with zero attached hydrogens (tertiary/aromatic N) is 1. The first-order valence-electron chi connectivity index (χ1n) is 11.5. The molecule has 1 saturated heterocycles. The molecule has 4 unspecified atom stereocenters. The van der Waals surface area contributed by atoms with Gasteiger partial charge in [-0.15, -0.1) is 0 Å². The van der Waals surface area contributed by atoms with Crippen LogP contribution in [0.15, 0.2) is 23.8 Å². The quantitative estimate of drug-likeness (QED) is 0.671. The maximum atomic E-state index is 3.56. The van der Waals surface area contributed by atoms with Crippen LogP contribution in [0, 0.1) is 29.6 Å². The third-order valence-corrected chi connectivity index (χ3v) is 12.7. The lowest BCUT2D eigenvalue weighted by Gasteiger charge is -2.48. The second-order valence-corrected chi connectivity index (χ2v) is 15.0. The average molecular weight is 388 g/mol. The van der Waals surface area contributed by atoms with E-state index in [9.17, 15) is 0 Å². The monoisotopic (exact) mass is 387 g/mol. The largest absolute Gasteiger partial charge is 0.299 e. The van der Waals surface area contributed by atoms with E-state index in [1.54, 1.807) is 0 Å². The molecule has 4 rings (SSSR count). The van der Waals surface area contributed by atoms with Gasteiger partial charge in [0.25, 0.3) is 0 Å². The molecule has 3 aliphatic carbocycles. The Bertz CT molecular complexity index is 570. The first-order valence-corrected chi connectivity index (χ1v) is 14.6. The highest BCUT2D eigenvalue weighted by molar-refractivity contribution is 6.76. The molecule has 152 valence electrons. The number of hydrogen-bond donors (Lipinski definition) is 2. The van der Waals surface area contributed by atoms with Crippen molar-refractivity contribution in [1.29, 1.82) is 0 Å². The van der Waals surface area contributed by atoms with Crippen molar-refractivity contribution in [1.82, 2.24) is 15.2 Å². The lowest BCUT2D eigenvalue weighted by atomic mass is 9.73. The molecule has 0 aromatic heterocycles. The minimum Gasteiger partial charge on any atom is -0.299 e. The fourth-order valence-corrected chi connectivity index (χ4v) is 11.2. The first-order chi connectivity index (χ1) is 13.0. The molecule has 2 N–H and O–H groups in total. The molecule has 27 heavy (non-hydrogen) atoms. The predicted octanol–water partition coefficient (Wildman–Crippen LogP) is 4.91. The lowest BCUT2D eigenvalue weighted by molar-refractivity contribution is 0.272. The third kappa shape index (κ3) is 3.75. The number of allylic oxidation sites excluding steroid dienone is 4. The zero-order chi connectivity index (χ0) is 19.0. The molecular weight excluding hydrogens is 346 g/mol. The Morgan fingerprint density at radius 2 is 1.78 bits per heavy atom. The molecule has 4 heteroatoms. The van der Waals surface area contributed by atoms with Crippen molar-refractivity contribution in [3.05, 3.63) is 23.8 Å². The van der Waals surface area contributed by atoms with Crippen LogP contribution in [0.3, 0.4) is 0 Å². The average Bonchev–Trinajstić information content (AvgIpc) is 3.10. The van der Waals surface area contributed by atoms with Gasteiger partial charge in [0.05, 0.1) is 0 Å². The second-order valence-electron chi connectivity index (χ2n) is 10.4. The Kier molecular flexibility index (Phi) is 5.99. The molecule has 1 heterocycles. The van der Waals surface area contributed by atoms with Gasteiger partial charge >= 0.3 is 0 Å². The summed E-state index contributed by atoms with van der Waals surface area (Å²) >= 11 is 0. The van der Waals surface area contributed by atoms with Gasteiger partial charge < -0.3 is 0 Å². The Labute approximate surface area is 168 Å². The molecule has 2 saturated carbocycles. The standard InChI is InChI=1S/C23H41N3Si/c1-17(2)21-13-22-19(18-9-6-5-7-10-18)11-8-12-20(22)23(21)27(3,4)26-15-24-14-25-16-26/h8,11-12,17-18,20-25H,5-7,9-10,13-16H2,1-4H3. The van der Waals surface area contributed by atoms with E-state index in [2.05, 4.69) is 60.4 Å². The Morgan fingerprint density at radius 3 is 2.44 bits per heavy atom. The number of hydrogen-bond acceptors (Lipinski definition) is 3. The minimum absolute atomic E-state index is 0.780. The lowest BCUT2D eigenvalue weighted by Crippen LogP contribution is -2.63. The summed E-state index contributed by atoms with van der Waals surface area (Å²) in [4.78, 5) is 0. The fraction of sp³-hybridized carbons (Fsp3) is 0.826. The van der Waals surface area contributed by atoms with Gasteiger partial charge in [0.1, 0.15) is 8.24 Å². The first kappa shape index (κ1) is 19.9. The highest BCUT2D eigenvalue weighted by Crippen LogP contribution is 2.59. The normalized spacial score (nSPS) is 36.1. The van der Waals surface area contributed by atoms with Gasteiger partial charge in [-0.05, 0) is 54.4 Å². The smallest absolute Gasteiger partial charge is 0.129 e. The van der Waals surface area contributed by atoms with E-state index in [-0.39, 0.29) is 0 Å². The molecule has 0 spiro atoms. The van der Waals surface area contributed by atoms with Gasteiger partial charge in [-0.2, -0.15) is 0 Å². The van der Waals surface area contributed by atoms with E-state index >= 15 is 0 Å². The summed E-state index contributed by atoms with van der Waals surface area (Å²) < 4.78 is 2.78. The summed E-state index contributed by atoms with van der Waals surface area (Å²) in [5.74, 6) is 4.15. The Morgan fingerprint density at radius 1 is 1.07 bits per heavy atom. The van der Waals surface area contributed by atoms with Crippen LogP contribution in [0.2, 0.25) is 18.6 Å². The van der Waals surface area contributed by atoms with E-state index in [4.69, 9.17) is 0 Å². The summed E-state index contributed by atoms with van der Waals surface area (Å²) in [6.07, 6.45) is 16.3. The van der Waals surface area contributed by atoms with E-state index in [0.717, 1.165) is 55.1 Å². The molecule has 0 radical (unpaired) electrons. The molecule has 3 fully saturated rings. The SMILES string of the molecule is CC(C)C1CC2C(C3CCCCC3)=CC=CC2C1[Si](C)(C)N1CNCNC1. The summed E-state index contributed by atoms with van der Waals surface area (Å²) in [6, 6.07) is 0. The summed E-state index contributed by atoms with van der Waals surface area (Å²) in [5, 5.41) is 7.12. The van der Waals surface area contributed by atoms with Crippen LogP contribution in [0.5, 0.6) is 0 Å². The van der Waals surface area contributed by atoms with Gasteiger partial charge in [0.2, 0.25) is 0 Å². The fourth-order valence-electron chi connectivity index (χ4n) is 6.86. The maximum Gasteiger partial charge on any atom is 0.129 e. The summed E-state index contributed by atoms with van der Waals surface area (Å²) in [5.41, 5.74) is 2.71. The number of fused-ring (bicyclic) bond motifs is 1. The Hall–Kier alpha value is -0.423. The third-order valence-electron chi connectivity index (χ3n) is 8.34. The van der Waals surface area contributed by atoms with Gasteiger partial charge in [0.15, 0.2) is 0 Å². The zero-order valence-electron chi connectivity index (χ0n) is 18.0. The van der Waals surface area contributed by atoms with Crippen molar-refractivity contribution in [2.75, 3.05) is 20.0 Å². The van der Waals surface area contributed by atoms with Crippen LogP contribution in [-0.2, 0) is 0 Å². The van der Waals surface area contributed by atoms with Crippen molar-refractivity contribution in [3.63, 3.8) is 0 Å². The zero-order valence-corrected chi connectivity index (χ0v) is 19.0. The van der Waals surface area contributed by atoms with Crippen LogP contribution in [0.25, 0.3) is 0 Å². The number of rotatable bonds is 4. The van der Waals surface area contributed by atoms with Gasteiger partial charge in [-0.1, -0.05) is 70.0 Å². The highest BCUT2D eigenvalue weighted by atomic mass is 28.3. The van der Waals surface area contributed by atoms with Crippen molar-refractivity contribution < 1.29 is 0 Å². The maximum absolute atomic E-state index is 3.56. The Balaban J connectivity index is 1.61. The van der Waals surface area contributed by atoms with Crippen molar-refractivity contribution >= 4 is 8.24 Å². The van der Waals surface area contributed by atoms with Crippen LogP contribution < -0.4 is 10.6 Å². The highest BCUT2D eigenvalue weighted by Gasteiger charge is 2.54. The second kappa shape index (κ2) is 8.14. The number of nitrogens with one attached hydrogen (secondary N) is 2. The van der Waals surface area contributed by atoms with Crippen LogP contribution in [0.1, 0.15) is 52.4 Å². The van der Waals surface area contributed by atoms with Crippen molar-refractivity contribution in [3.8, 4) is 0 Å². The van der Waals surface area contributed by atoms with Crippen LogP contribution in [0.4, 0.5) is 0 Å². The molecule has 0 amide bonds.